The average Bonchev–Trinajstić information content (AvgIpc) is 2.59. The highest BCUT2D eigenvalue weighted by Gasteiger charge is 2.38. The fourth-order valence-corrected chi connectivity index (χ4v) is 4.82. The van der Waals surface area contributed by atoms with Crippen LogP contribution in [0.4, 0.5) is 0 Å². The quantitative estimate of drug-likeness (QED) is 0.838. The number of nitrogens with zero attached hydrogens (tertiary/aromatic N) is 3. The number of halogens is 1. The summed E-state index contributed by atoms with van der Waals surface area (Å²) in [6, 6.07) is -0.00588. The second kappa shape index (κ2) is 4.83. The second-order valence-electron chi connectivity index (χ2n) is 4.92. The molecule has 1 saturated heterocycles. The molecule has 7 heteroatoms. The van der Waals surface area contributed by atoms with Gasteiger partial charge in [0, 0.05) is 19.1 Å². The third-order valence-electron chi connectivity index (χ3n) is 3.47. The number of sulfonamides is 1. The summed E-state index contributed by atoms with van der Waals surface area (Å²) in [6.45, 7) is 3.87. The Morgan fingerprint density at radius 2 is 1.89 bits per heavy atom. The molecule has 0 aliphatic carbocycles. The molecule has 1 aliphatic heterocycles. The van der Waals surface area contributed by atoms with Crippen molar-refractivity contribution in [1.29, 1.82) is 0 Å². The van der Waals surface area contributed by atoms with Crippen molar-refractivity contribution in [2.24, 2.45) is 7.05 Å². The van der Waals surface area contributed by atoms with Crippen molar-refractivity contribution >= 4 is 21.6 Å². The van der Waals surface area contributed by atoms with Crippen LogP contribution in [0.5, 0.6) is 0 Å². The Bertz CT molecular complexity index is 530. The van der Waals surface area contributed by atoms with Gasteiger partial charge < -0.3 is 4.57 Å². The normalized spacial score (nSPS) is 26.4. The molecule has 102 valence electrons. The third kappa shape index (κ3) is 2.17. The van der Waals surface area contributed by atoms with E-state index in [-0.39, 0.29) is 22.3 Å². The van der Waals surface area contributed by atoms with Crippen molar-refractivity contribution < 1.29 is 8.42 Å². The van der Waals surface area contributed by atoms with E-state index in [0.29, 0.717) is 0 Å². The molecule has 0 aromatic carbocycles. The van der Waals surface area contributed by atoms with Crippen LogP contribution < -0.4 is 0 Å². The second-order valence-corrected chi connectivity index (χ2v) is 7.03. The molecule has 18 heavy (non-hydrogen) atoms. The fourth-order valence-electron chi connectivity index (χ4n) is 2.54. The largest absolute Gasteiger partial charge is 0.324 e. The molecule has 0 N–H and O–H groups in total. The molecule has 0 bridgehead atoms. The molecular formula is C11H18ClN3O2S. The molecule has 0 saturated carbocycles. The lowest BCUT2D eigenvalue weighted by Gasteiger charge is -2.37. The summed E-state index contributed by atoms with van der Waals surface area (Å²) in [4.78, 5) is 3.93. The lowest BCUT2D eigenvalue weighted by Crippen LogP contribution is -2.47. The summed E-state index contributed by atoms with van der Waals surface area (Å²) in [6.07, 6.45) is 4.25. The molecule has 5 nitrogen and oxygen atoms in total. The van der Waals surface area contributed by atoms with E-state index in [0.717, 1.165) is 19.3 Å². The summed E-state index contributed by atoms with van der Waals surface area (Å²) in [5.74, 6) is 0. The topological polar surface area (TPSA) is 55.2 Å². The summed E-state index contributed by atoms with van der Waals surface area (Å²) in [5, 5.41) is 0.132. The standard InChI is InChI=1S/C11H18ClN3O2S/c1-8-5-4-6-9(2)15(8)18(16,17)11-10(12)14(3)7-13-11/h7-9H,4-6H2,1-3H3/t8-,9+. The minimum atomic E-state index is -3.60. The van der Waals surface area contributed by atoms with Gasteiger partial charge in [-0.1, -0.05) is 18.0 Å². The number of aryl methyl sites for hydroxylation is 1. The smallest absolute Gasteiger partial charge is 0.264 e. The summed E-state index contributed by atoms with van der Waals surface area (Å²) < 4.78 is 28.3. The van der Waals surface area contributed by atoms with E-state index < -0.39 is 10.0 Å². The predicted octanol–water partition coefficient (Wildman–Crippen LogP) is 2.03. The summed E-state index contributed by atoms with van der Waals surface area (Å²) in [5.41, 5.74) is 0. The van der Waals surface area contributed by atoms with E-state index in [1.807, 2.05) is 13.8 Å². The van der Waals surface area contributed by atoms with Gasteiger partial charge in [0.15, 0.2) is 0 Å². The van der Waals surface area contributed by atoms with E-state index in [1.165, 1.54) is 10.9 Å². The van der Waals surface area contributed by atoms with Crippen molar-refractivity contribution in [2.75, 3.05) is 0 Å². The molecule has 1 aromatic rings. The first kappa shape index (κ1) is 13.8. The van der Waals surface area contributed by atoms with Crippen molar-refractivity contribution in [3.8, 4) is 0 Å². The minimum Gasteiger partial charge on any atom is -0.324 e. The van der Waals surface area contributed by atoms with Gasteiger partial charge in [0.25, 0.3) is 10.0 Å². The zero-order valence-corrected chi connectivity index (χ0v) is 12.4. The molecule has 0 amide bonds. The van der Waals surface area contributed by atoms with Gasteiger partial charge in [-0.05, 0) is 26.7 Å². The first-order valence-corrected chi connectivity index (χ1v) is 7.88. The van der Waals surface area contributed by atoms with Crippen LogP contribution in [0.3, 0.4) is 0 Å². The van der Waals surface area contributed by atoms with E-state index in [1.54, 1.807) is 11.4 Å². The van der Waals surface area contributed by atoms with E-state index in [9.17, 15) is 8.42 Å². The van der Waals surface area contributed by atoms with Gasteiger partial charge in [-0.15, -0.1) is 0 Å². The summed E-state index contributed by atoms with van der Waals surface area (Å²) >= 11 is 6.00. The van der Waals surface area contributed by atoms with Gasteiger partial charge in [0.2, 0.25) is 5.03 Å². The maximum absolute atomic E-state index is 12.6. The van der Waals surface area contributed by atoms with Crippen molar-refractivity contribution in [1.82, 2.24) is 13.9 Å². The third-order valence-corrected chi connectivity index (χ3v) is 6.09. The highest BCUT2D eigenvalue weighted by molar-refractivity contribution is 7.89. The Morgan fingerprint density at radius 3 is 2.33 bits per heavy atom. The Hall–Kier alpha value is -0.590. The maximum Gasteiger partial charge on any atom is 0.264 e. The fraction of sp³-hybridized carbons (Fsp3) is 0.727. The zero-order chi connectivity index (χ0) is 13.5. The molecule has 2 rings (SSSR count). The van der Waals surface area contributed by atoms with Crippen molar-refractivity contribution in [3.05, 3.63) is 11.5 Å². The van der Waals surface area contributed by atoms with Crippen LogP contribution >= 0.6 is 11.6 Å². The molecule has 1 aliphatic rings. The van der Waals surface area contributed by atoms with Crippen LogP contribution in [0.25, 0.3) is 0 Å². The number of hydrogen-bond donors (Lipinski definition) is 0. The zero-order valence-electron chi connectivity index (χ0n) is 10.8. The molecule has 2 atom stereocenters. The Kier molecular flexibility index (Phi) is 3.71. The number of imidazole rings is 1. The van der Waals surface area contributed by atoms with Gasteiger partial charge in [0.1, 0.15) is 5.15 Å². The Balaban J connectivity index is 2.44. The molecule has 0 unspecified atom stereocenters. The lowest BCUT2D eigenvalue weighted by molar-refractivity contribution is 0.204. The minimum absolute atomic E-state index is 0.00294. The van der Waals surface area contributed by atoms with Gasteiger partial charge >= 0.3 is 0 Å². The molecular weight excluding hydrogens is 274 g/mol. The van der Waals surface area contributed by atoms with Crippen molar-refractivity contribution in [3.63, 3.8) is 0 Å². The van der Waals surface area contributed by atoms with Crippen LogP contribution in [0.15, 0.2) is 11.4 Å². The number of rotatable bonds is 2. The SMILES string of the molecule is C[C@@H]1CCC[C@H](C)N1S(=O)(=O)c1ncn(C)c1Cl. The van der Waals surface area contributed by atoms with Gasteiger partial charge in [0.05, 0.1) is 6.33 Å². The van der Waals surface area contributed by atoms with Crippen LogP contribution in [-0.2, 0) is 17.1 Å². The van der Waals surface area contributed by atoms with E-state index in [2.05, 4.69) is 4.98 Å². The lowest BCUT2D eigenvalue weighted by atomic mass is 10.0. The Labute approximate surface area is 113 Å². The predicted molar refractivity (Wildman–Crippen MR) is 70.0 cm³/mol. The monoisotopic (exact) mass is 291 g/mol. The number of hydrogen-bond acceptors (Lipinski definition) is 3. The van der Waals surface area contributed by atoms with E-state index >= 15 is 0 Å². The van der Waals surface area contributed by atoms with Crippen LogP contribution in [0, 0.1) is 0 Å². The van der Waals surface area contributed by atoms with Gasteiger partial charge in [-0.25, -0.2) is 13.4 Å². The molecule has 1 fully saturated rings. The molecule has 2 heterocycles. The summed E-state index contributed by atoms with van der Waals surface area (Å²) in [7, 11) is -1.92. The van der Waals surface area contributed by atoms with Crippen LogP contribution in [-0.4, -0.2) is 34.4 Å². The highest BCUT2D eigenvalue weighted by atomic mass is 35.5. The number of piperidine rings is 1. The van der Waals surface area contributed by atoms with Crippen LogP contribution in [0.1, 0.15) is 33.1 Å². The molecule has 0 radical (unpaired) electrons. The van der Waals surface area contributed by atoms with Crippen LogP contribution in [0.2, 0.25) is 5.15 Å². The molecule has 0 spiro atoms. The first-order chi connectivity index (χ1) is 8.35. The highest BCUT2D eigenvalue weighted by Crippen LogP contribution is 2.31. The van der Waals surface area contributed by atoms with E-state index in [4.69, 9.17) is 11.6 Å². The first-order valence-electron chi connectivity index (χ1n) is 6.06. The molecule has 1 aromatic heterocycles. The van der Waals surface area contributed by atoms with Gasteiger partial charge in [-0.3, -0.25) is 0 Å². The van der Waals surface area contributed by atoms with Crippen molar-refractivity contribution in [2.45, 2.75) is 50.2 Å². The maximum atomic E-state index is 12.6. The Morgan fingerprint density at radius 1 is 1.33 bits per heavy atom. The number of aromatic nitrogens is 2. The van der Waals surface area contributed by atoms with Gasteiger partial charge in [-0.2, -0.15) is 4.31 Å². The average molecular weight is 292 g/mol.